The van der Waals surface area contributed by atoms with E-state index in [4.69, 9.17) is 4.74 Å². The van der Waals surface area contributed by atoms with Gasteiger partial charge in [0.2, 0.25) is 5.91 Å². The number of nitrogens with one attached hydrogen (secondary N) is 1. The standard InChI is InChI=1S/C22H20N2O4S/c1-17(25)24-29(26,27)22-12-10-20(11-13-22)23-15-19-8-5-9-21(14-19)28-16-18-6-3-2-4-7-18/h2-15H,16H2,1H3,(H,24,25). The van der Waals surface area contributed by atoms with Crippen LogP contribution in [-0.4, -0.2) is 20.5 Å². The maximum Gasteiger partial charge on any atom is 0.264 e. The third-order valence-corrected chi connectivity index (χ3v) is 5.34. The van der Waals surface area contributed by atoms with Crippen LogP contribution in [0.1, 0.15) is 18.1 Å². The fraction of sp³-hybridized carbons (Fsp3) is 0.0909. The van der Waals surface area contributed by atoms with Gasteiger partial charge in [0.05, 0.1) is 10.6 Å². The van der Waals surface area contributed by atoms with E-state index >= 15 is 0 Å². The Bertz CT molecular complexity index is 1110. The fourth-order valence-corrected chi connectivity index (χ4v) is 3.52. The number of carbonyl (C=O) groups excluding carboxylic acids is 1. The molecule has 0 aliphatic rings. The van der Waals surface area contributed by atoms with E-state index in [-0.39, 0.29) is 4.90 Å². The van der Waals surface area contributed by atoms with Gasteiger partial charge in [-0.2, -0.15) is 0 Å². The predicted octanol–water partition coefficient (Wildman–Crippen LogP) is 3.84. The highest BCUT2D eigenvalue weighted by molar-refractivity contribution is 7.90. The first-order valence-corrected chi connectivity index (χ1v) is 10.3. The van der Waals surface area contributed by atoms with Gasteiger partial charge in [0.25, 0.3) is 10.0 Å². The first-order valence-electron chi connectivity index (χ1n) is 8.87. The quantitative estimate of drug-likeness (QED) is 0.602. The lowest BCUT2D eigenvalue weighted by Crippen LogP contribution is -2.28. The Morgan fingerprint density at radius 1 is 1.00 bits per heavy atom. The molecular weight excluding hydrogens is 388 g/mol. The number of nitrogens with zero attached hydrogens (tertiary/aromatic N) is 1. The van der Waals surface area contributed by atoms with Crippen molar-refractivity contribution >= 4 is 27.8 Å². The molecule has 29 heavy (non-hydrogen) atoms. The van der Waals surface area contributed by atoms with Crippen molar-refractivity contribution in [2.24, 2.45) is 4.99 Å². The Morgan fingerprint density at radius 3 is 2.41 bits per heavy atom. The van der Waals surface area contributed by atoms with E-state index < -0.39 is 15.9 Å². The van der Waals surface area contributed by atoms with Gasteiger partial charge < -0.3 is 4.74 Å². The van der Waals surface area contributed by atoms with Crippen molar-refractivity contribution in [2.45, 2.75) is 18.4 Å². The van der Waals surface area contributed by atoms with Crippen molar-refractivity contribution in [3.8, 4) is 5.75 Å². The van der Waals surface area contributed by atoms with Gasteiger partial charge in [-0.15, -0.1) is 0 Å². The van der Waals surface area contributed by atoms with E-state index in [1.807, 2.05) is 59.3 Å². The van der Waals surface area contributed by atoms with Crippen LogP contribution in [0, 0.1) is 0 Å². The molecule has 0 aliphatic carbocycles. The van der Waals surface area contributed by atoms with Crippen molar-refractivity contribution < 1.29 is 17.9 Å². The van der Waals surface area contributed by atoms with Crippen LogP contribution in [-0.2, 0) is 21.4 Å². The number of ether oxygens (including phenoxy) is 1. The molecule has 0 fully saturated rings. The average Bonchev–Trinajstić information content (AvgIpc) is 2.71. The van der Waals surface area contributed by atoms with Gasteiger partial charge in [0.15, 0.2) is 0 Å². The lowest BCUT2D eigenvalue weighted by atomic mass is 10.2. The number of sulfonamides is 1. The number of carbonyl (C=O) groups is 1. The summed E-state index contributed by atoms with van der Waals surface area (Å²) in [5.41, 5.74) is 2.52. The van der Waals surface area contributed by atoms with Crippen molar-refractivity contribution in [3.63, 3.8) is 0 Å². The highest BCUT2D eigenvalue weighted by atomic mass is 32.2. The second kappa shape index (κ2) is 9.16. The Balaban J connectivity index is 1.66. The third kappa shape index (κ3) is 6.02. The molecule has 0 saturated carbocycles. The highest BCUT2D eigenvalue weighted by Crippen LogP contribution is 2.18. The number of rotatable bonds is 7. The molecule has 3 rings (SSSR count). The van der Waals surface area contributed by atoms with E-state index in [9.17, 15) is 13.2 Å². The third-order valence-electron chi connectivity index (χ3n) is 3.89. The Hall–Kier alpha value is -3.45. The molecule has 148 valence electrons. The van der Waals surface area contributed by atoms with Crippen molar-refractivity contribution in [1.82, 2.24) is 4.72 Å². The van der Waals surface area contributed by atoms with Crippen molar-refractivity contribution in [1.29, 1.82) is 0 Å². The molecule has 0 spiro atoms. The number of hydrogen-bond donors (Lipinski definition) is 1. The molecule has 1 N–H and O–H groups in total. The lowest BCUT2D eigenvalue weighted by Gasteiger charge is -2.07. The van der Waals surface area contributed by atoms with E-state index in [2.05, 4.69) is 4.99 Å². The first-order chi connectivity index (χ1) is 13.9. The average molecular weight is 408 g/mol. The number of hydrogen-bond acceptors (Lipinski definition) is 5. The smallest absolute Gasteiger partial charge is 0.264 e. The van der Waals surface area contributed by atoms with Crippen LogP contribution in [0.25, 0.3) is 0 Å². The van der Waals surface area contributed by atoms with Gasteiger partial charge in [-0.25, -0.2) is 13.1 Å². The molecule has 3 aromatic rings. The molecular formula is C22H20N2O4S. The van der Waals surface area contributed by atoms with Crippen LogP contribution < -0.4 is 9.46 Å². The molecule has 6 nitrogen and oxygen atoms in total. The minimum Gasteiger partial charge on any atom is -0.489 e. The summed E-state index contributed by atoms with van der Waals surface area (Å²) in [7, 11) is -3.85. The summed E-state index contributed by atoms with van der Waals surface area (Å²) < 4.78 is 31.6. The topological polar surface area (TPSA) is 84.8 Å². The summed E-state index contributed by atoms with van der Waals surface area (Å²) in [5, 5.41) is 0. The van der Waals surface area contributed by atoms with Gasteiger partial charge in [-0.3, -0.25) is 9.79 Å². The van der Waals surface area contributed by atoms with Crippen molar-refractivity contribution in [2.75, 3.05) is 0 Å². The molecule has 0 saturated heterocycles. The van der Waals surface area contributed by atoms with Gasteiger partial charge in [0.1, 0.15) is 12.4 Å². The van der Waals surface area contributed by atoms with Crippen LogP contribution in [0.4, 0.5) is 5.69 Å². The molecule has 1 amide bonds. The molecule has 0 radical (unpaired) electrons. The van der Waals surface area contributed by atoms with E-state index in [1.54, 1.807) is 18.3 Å². The summed E-state index contributed by atoms with van der Waals surface area (Å²) in [4.78, 5) is 15.3. The second-order valence-electron chi connectivity index (χ2n) is 6.26. The normalized spacial score (nSPS) is 11.3. The summed E-state index contributed by atoms with van der Waals surface area (Å²) >= 11 is 0. The van der Waals surface area contributed by atoms with Crippen LogP contribution in [0.3, 0.4) is 0 Å². The van der Waals surface area contributed by atoms with Crippen molar-refractivity contribution in [3.05, 3.63) is 90.0 Å². The SMILES string of the molecule is CC(=O)NS(=O)(=O)c1ccc(N=Cc2cccc(OCc3ccccc3)c2)cc1. The predicted molar refractivity (Wildman–Crippen MR) is 112 cm³/mol. The van der Waals surface area contributed by atoms with Gasteiger partial charge in [0, 0.05) is 13.1 Å². The van der Waals surface area contributed by atoms with Crippen LogP contribution in [0.5, 0.6) is 5.75 Å². The van der Waals surface area contributed by atoms with Crippen LogP contribution in [0.2, 0.25) is 0 Å². The maximum absolute atomic E-state index is 12.0. The molecule has 0 atom stereocenters. The minimum absolute atomic E-state index is 0.00274. The second-order valence-corrected chi connectivity index (χ2v) is 7.94. The molecule has 0 heterocycles. The molecule has 0 aromatic heterocycles. The molecule has 0 aliphatic heterocycles. The fourth-order valence-electron chi connectivity index (χ4n) is 2.53. The largest absolute Gasteiger partial charge is 0.489 e. The summed E-state index contributed by atoms with van der Waals surface area (Å²) in [6.45, 7) is 1.62. The molecule has 0 bridgehead atoms. The van der Waals surface area contributed by atoms with E-state index in [1.165, 1.54) is 12.1 Å². The van der Waals surface area contributed by atoms with Crippen LogP contribution >= 0.6 is 0 Å². The Kier molecular flexibility index (Phi) is 6.41. The van der Waals surface area contributed by atoms with E-state index in [0.29, 0.717) is 12.3 Å². The summed E-state index contributed by atoms with van der Waals surface area (Å²) in [6.07, 6.45) is 1.67. The lowest BCUT2D eigenvalue weighted by molar-refractivity contribution is -0.117. The first kappa shape index (κ1) is 20.3. The van der Waals surface area contributed by atoms with E-state index in [0.717, 1.165) is 23.8 Å². The number of aliphatic imine (C=N–C) groups is 1. The number of benzene rings is 3. The highest BCUT2D eigenvalue weighted by Gasteiger charge is 2.14. The zero-order valence-electron chi connectivity index (χ0n) is 15.8. The number of amides is 1. The van der Waals surface area contributed by atoms with Gasteiger partial charge in [-0.05, 0) is 47.5 Å². The summed E-state index contributed by atoms with van der Waals surface area (Å²) in [5.74, 6) is 0.0935. The van der Waals surface area contributed by atoms with Gasteiger partial charge >= 0.3 is 0 Å². The van der Waals surface area contributed by atoms with Crippen LogP contribution in [0.15, 0.2) is 88.8 Å². The maximum atomic E-state index is 12.0. The zero-order chi connectivity index (χ0) is 20.7. The Morgan fingerprint density at radius 2 is 1.72 bits per heavy atom. The van der Waals surface area contributed by atoms with Gasteiger partial charge in [-0.1, -0.05) is 42.5 Å². The minimum atomic E-state index is -3.85. The molecule has 0 unspecified atom stereocenters. The Labute approximate surface area is 169 Å². The molecule has 3 aromatic carbocycles. The zero-order valence-corrected chi connectivity index (χ0v) is 16.6. The monoisotopic (exact) mass is 408 g/mol. The summed E-state index contributed by atoms with van der Waals surface area (Å²) in [6, 6.07) is 23.4. The molecule has 7 heteroatoms.